The van der Waals surface area contributed by atoms with Crippen molar-refractivity contribution in [3.8, 4) is 0 Å². The van der Waals surface area contributed by atoms with Crippen molar-refractivity contribution in [2.75, 3.05) is 19.6 Å². The van der Waals surface area contributed by atoms with Crippen LogP contribution >= 0.6 is 28.3 Å². The average molecular weight is 417 g/mol. The topological polar surface area (TPSA) is 61.4 Å². The summed E-state index contributed by atoms with van der Waals surface area (Å²) in [6.45, 7) is 2.49. The second-order valence-electron chi connectivity index (χ2n) is 6.22. The molecule has 2 heterocycles. The van der Waals surface area contributed by atoms with E-state index in [0.717, 1.165) is 43.2 Å². The van der Waals surface area contributed by atoms with Gasteiger partial charge in [0.15, 0.2) is 0 Å². The number of nitrogens with one attached hydrogen (secondary N) is 2. The molecule has 5 nitrogen and oxygen atoms in total. The van der Waals surface area contributed by atoms with Crippen LogP contribution in [0.5, 0.6) is 0 Å². The van der Waals surface area contributed by atoms with Crippen molar-refractivity contribution in [1.82, 2.24) is 15.5 Å². The maximum atomic E-state index is 12.7. The van der Waals surface area contributed by atoms with Crippen LogP contribution in [0.2, 0.25) is 0 Å². The van der Waals surface area contributed by atoms with E-state index < -0.39 is 0 Å². The van der Waals surface area contributed by atoms with Gasteiger partial charge in [-0.05, 0) is 56.5 Å². The number of amides is 2. The number of carbonyl (C=O) groups is 2. The SMILES string of the molecule is Cl.O=C(N[C@H]1CCCNC1)C1CCCN1C(=O)c1ccc(Br)cc1. The first-order chi connectivity index (χ1) is 11.1. The van der Waals surface area contributed by atoms with Crippen LogP contribution in [-0.4, -0.2) is 48.4 Å². The van der Waals surface area contributed by atoms with Crippen LogP contribution in [0.15, 0.2) is 28.7 Å². The first kappa shape index (κ1) is 19.2. The van der Waals surface area contributed by atoms with E-state index in [1.54, 1.807) is 17.0 Å². The summed E-state index contributed by atoms with van der Waals surface area (Å²) < 4.78 is 0.939. The van der Waals surface area contributed by atoms with E-state index in [2.05, 4.69) is 26.6 Å². The minimum absolute atomic E-state index is 0. The van der Waals surface area contributed by atoms with Crippen molar-refractivity contribution in [1.29, 1.82) is 0 Å². The number of rotatable bonds is 3. The summed E-state index contributed by atoms with van der Waals surface area (Å²) in [4.78, 5) is 27.0. The Bertz CT molecular complexity index is 576. The van der Waals surface area contributed by atoms with Gasteiger partial charge in [0.2, 0.25) is 5.91 Å². The van der Waals surface area contributed by atoms with Gasteiger partial charge in [-0.25, -0.2) is 0 Å². The summed E-state index contributed by atoms with van der Waals surface area (Å²) in [6, 6.07) is 7.14. The minimum Gasteiger partial charge on any atom is -0.350 e. The maximum absolute atomic E-state index is 12.7. The molecule has 1 aromatic rings. The van der Waals surface area contributed by atoms with Crippen molar-refractivity contribution < 1.29 is 9.59 Å². The van der Waals surface area contributed by atoms with Crippen LogP contribution in [0.3, 0.4) is 0 Å². The van der Waals surface area contributed by atoms with Gasteiger partial charge < -0.3 is 15.5 Å². The minimum atomic E-state index is -0.340. The molecule has 2 N–H and O–H groups in total. The number of halogens is 2. The van der Waals surface area contributed by atoms with Crippen molar-refractivity contribution in [2.24, 2.45) is 0 Å². The van der Waals surface area contributed by atoms with Gasteiger partial charge in [0.25, 0.3) is 5.91 Å². The molecule has 2 amide bonds. The second-order valence-corrected chi connectivity index (χ2v) is 7.13. The monoisotopic (exact) mass is 415 g/mol. The molecule has 0 saturated carbocycles. The summed E-state index contributed by atoms with van der Waals surface area (Å²) in [5, 5.41) is 6.40. The molecule has 7 heteroatoms. The third kappa shape index (κ3) is 4.49. The molecule has 0 spiro atoms. The molecule has 1 aromatic carbocycles. The van der Waals surface area contributed by atoms with Gasteiger partial charge in [0.1, 0.15) is 6.04 Å². The second kappa shape index (κ2) is 8.83. The molecule has 0 aliphatic carbocycles. The Kier molecular flexibility index (Phi) is 7.07. The summed E-state index contributed by atoms with van der Waals surface area (Å²) in [6.07, 6.45) is 3.71. The number of carbonyl (C=O) groups excluding carboxylic acids is 2. The lowest BCUT2D eigenvalue weighted by Crippen LogP contribution is -2.52. The van der Waals surface area contributed by atoms with E-state index in [1.165, 1.54) is 0 Å². The van der Waals surface area contributed by atoms with Gasteiger partial charge in [-0.3, -0.25) is 9.59 Å². The molecule has 132 valence electrons. The molecule has 2 atom stereocenters. The maximum Gasteiger partial charge on any atom is 0.254 e. The molecule has 0 radical (unpaired) electrons. The van der Waals surface area contributed by atoms with Gasteiger partial charge in [0.05, 0.1) is 0 Å². The summed E-state index contributed by atoms with van der Waals surface area (Å²) in [5.74, 6) is -0.0708. The lowest BCUT2D eigenvalue weighted by molar-refractivity contribution is -0.125. The number of likely N-dealkylation sites (tertiary alicyclic amines) is 1. The van der Waals surface area contributed by atoms with Crippen molar-refractivity contribution in [3.05, 3.63) is 34.3 Å². The fourth-order valence-electron chi connectivity index (χ4n) is 3.31. The quantitative estimate of drug-likeness (QED) is 0.795. The molecule has 0 aromatic heterocycles. The molecule has 3 rings (SSSR count). The molecule has 1 unspecified atom stereocenters. The predicted molar refractivity (Wildman–Crippen MR) is 99.5 cm³/mol. The molecule has 2 fully saturated rings. The van der Waals surface area contributed by atoms with Crippen molar-refractivity contribution in [2.45, 2.75) is 37.8 Å². The van der Waals surface area contributed by atoms with Crippen molar-refractivity contribution in [3.63, 3.8) is 0 Å². The highest BCUT2D eigenvalue weighted by atomic mass is 79.9. The fourth-order valence-corrected chi connectivity index (χ4v) is 3.58. The highest BCUT2D eigenvalue weighted by Crippen LogP contribution is 2.21. The summed E-state index contributed by atoms with van der Waals surface area (Å²) in [5.41, 5.74) is 0.632. The summed E-state index contributed by atoms with van der Waals surface area (Å²) >= 11 is 3.37. The molecule has 2 aliphatic rings. The molecular weight excluding hydrogens is 394 g/mol. The molecule has 24 heavy (non-hydrogen) atoms. The fraction of sp³-hybridized carbons (Fsp3) is 0.529. The van der Waals surface area contributed by atoms with Crippen LogP contribution in [-0.2, 0) is 4.79 Å². The Balaban J connectivity index is 0.00000208. The highest BCUT2D eigenvalue weighted by molar-refractivity contribution is 9.10. The van der Waals surface area contributed by atoms with E-state index in [4.69, 9.17) is 0 Å². The number of piperidine rings is 1. The van der Waals surface area contributed by atoms with Gasteiger partial charge >= 0.3 is 0 Å². The van der Waals surface area contributed by atoms with Crippen molar-refractivity contribution >= 4 is 40.2 Å². The summed E-state index contributed by atoms with van der Waals surface area (Å²) in [7, 11) is 0. The van der Waals surface area contributed by atoms with Gasteiger partial charge in [-0.15, -0.1) is 12.4 Å². The van der Waals surface area contributed by atoms with Crippen LogP contribution < -0.4 is 10.6 Å². The smallest absolute Gasteiger partial charge is 0.254 e. The van der Waals surface area contributed by atoms with E-state index in [9.17, 15) is 9.59 Å². The highest BCUT2D eigenvalue weighted by Gasteiger charge is 2.35. The Hall–Kier alpha value is -1.11. The largest absolute Gasteiger partial charge is 0.350 e. The zero-order valence-corrected chi connectivity index (χ0v) is 15.9. The molecule has 2 aliphatic heterocycles. The molecular formula is C17H23BrClN3O2. The van der Waals surface area contributed by atoms with Gasteiger partial charge in [0, 0.05) is 29.2 Å². The number of benzene rings is 1. The Morgan fingerprint density at radius 3 is 2.58 bits per heavy atom. The normalized spacial score (nSPS) is 23.5. The molecule has 0 bridgehead atoms. The Labute approximate surface area is 157 Å². The lowest BCUT2D eigenvalue weighted by atomic mass is 10.1. The van der Waals surface area contributed by atoms with Crippen LogP contribution in [0.25, 0.3) is 0 Å². The first-order valence-corrected chi connectivity index (χ1v) is 9.02. The van der Waals surface area contributed by atoms with Gasteiger partial charge in [-0.1, -0.05) is 15.9 Å². The Morgan fingerprint density at radius 1 is 1.17 bits per heavy atom. The third-order valence-corrected chi connectivity index (χ3v) is 5.08. The number of nitrogens with zero attached hydrogens (tertiary/aromatic N) is 1. The standard InChI is InChI=1S/C17H22BrN3O2.ClH/c18-13-7-5-12(6-8-13)17(23)21-10-2-4-15(21)16(22)20-14-3-1-9-19-11-14;/h5-8,14-15,19H,1-4,9-11H2,(H,20,22);1H/t14-,15?;/m0./s1. The van der Waals surface area contributed by atoms with E-state index in [1.807, 2.05) is 12.1 Å². The first-order valence-electron chi connectivity index (χ1n) is 8.23. The van der Waals surface area contributed by atoms with Crippen LogP contribution in [0.1, 0.15) is 36.0 Å². The van der Waals surface area contributed by atoms with E-state index in [0.29, 0.717) is 12.1 Å². The number of hydrogen-bond donors (Lipinski definition) is 2. The lowest BCUT2D eigenvalue weighted by Gasteiger charge is -2.28. The zero-order chi connectivity index (χ0) is 16.2. The van der Waals surface area contributed by atoms with E-state index in [-0.39, 0.29) is 36.3 Å². The molecule has 2 saturated heterocycles. The Morgan fingerprint density at radius 2 is 1.92 bits per heavy atom. The van der Waals surface area contributed by atoms with E-state index >= 15 is 0 Å². The van der Waals surface area contributed by atoms with Gasteiger partial charge in [-0.2, -0.15) is 0 Å². The third-order valence-electron chi connectivity index (χ3n) is 4.55. The zero-order valence-electron chi connectivity index (χ0n) is 13.5. The number of hydrogen-bond acceptors (Lipinski definition) is 3. The van der Waals surface area contributed by atoms with Crippen LogP contribution in [0, 0.1) is 0 Å². The van der Waals surface area contributed by atoms with Crippen LogP contribution in [0.4, 0.5) is 0 Å². The predicted octanol–water partition coefficient (Wildman–Crippen LogP) is 2.34. The average Bonchev–Trinajstić information content (AvgIpc) is 3.05.